The van der Waals surface area contributed by atoms with Crippen molar-refractivity contribution in [3.05, 3.63) is 64.2 Å². The number of oxime groups is 1. The third-order valence-corrected chi connectivity index (χ3v) is 5.27. The molecule has 0 spiro atoms. The highest BCUT2D eigenvalue weighted by Crippen LogP contribution is 2.48. The summed E-state index contributed by atoms with van der Waals surface area (Å²) in [7, 11) is 1.49. The average Bonchev–Trinajstić information content (AvgIpc) is 3.45. The van der Waals surface area contributed by atoms with Gasteiger partial charge in [0.2, 0.25) is 0 Å². The summed E-state index contributed by atoms with van der Waals surface area (Å²) in [6.45, 7) is 4.23. The molecular weight excluding hydrogens is 376 g/mol. The first-order valence-electron chi connectivity index (χ1n) is 9.16. The zero-order valence-electron chi connectivity index (χ0n) is 16.3. The molecule has 1 aliphatic rings. The van der Waals surface area contributed by atoms with Crippen LogP contribution in [0.15, 0.2) is 47.6 Å². The number of aryl methyl sites for hydroxylation is 1. The zero-order chi connectivity index (χ0) is 20.3. The maximum absolute atomic E-state index is 11.9. The third-order valence-electron chi connectivity index (χ3n) is 5.01. The fourth-order valence-corrected chi connectivity index (χ4v) is 3.34. The lowest BCUT2D eigenvalue weighted by atomic mass is 10.1. The van der Waals surface area contributed by atoms with E-state index in [9.17, 15) is 4.79 Å². The molecule has 1 fully saturated rings. The number of hydrazine groups is 1. The summed E-state index contributed by atoms with van der Waals surface area (Å²) < 4.78 is 0. The number of benzene rings is 2. The van der Waals surface area contributed by atoms with E-state index in [1.54, 1.807) is 0 Å². The molecule has 6 nitrogen and oxygen atoms in total. The monoisotopic (exact) mass is 400 g/mol. The van der Waals surface area contributed by atoms with Crippen molar-refractivity contribution < 1.29 is 9.63 Å². The van der Waals surface area contributed by atoms with Crippen molar-refractivity contribution in [2.45, 2.75) is 32.8 Å². The van der Waals surface area contributed by atoms with Crippen LogP contribution in [0.3, 0.4) is 0 Å². The summed E-state index contributed by atoms with van der Waals surface area (Å²) in [6.07, 6.45) is 1.06. The van der Waals surface area contributed by atoms with Crippen LogP contribution in [0.5, 0.6) is 0 Å². The van der Waals surface area contributed by atoms with Crippen LogP contribution in [0.4, 0.5) is 10.5 Å². The maximum atomic E-state index is 11.9. The van der Waals surface area contributed by atoms with Gasteiger partial charge >= 0.3 is 6.03 Å². The third kappa shape index (κ3) is 4.82. The highest BCUT2D eigenvalue weighted by atomic mass is 35.5. The highest BCUT2D eigenvalue weighted by Gasteiger charge is 2.40. The van der Waals surface area contributed by atoms with Crippen molar-refractivity contribution in [2.24, 2.45) is 16.9 Å². The lowest BCUT2D eigenvalue weighted by Crippen LogP contribution is -2.37. The Kier molecular flexibility index (Phi) is 6.21. The van der Waals surface area contributed by atoms with Gasteiger partial charge in [-0.1, -0.05) is 41.0 Å². The molecule has 1 unspecified atom stereocenters. The van der Waals surface area contributed by atoms with Gasteiger partial charge in [-0.3, -0.25) is 5.01 Å². The van der Waals surface area contributed by atoms with Gasteiger partial charge in [0.1, 0.15) is 6.61 Å². The predicted molar refractivity (Wildman–Crippen MR) is 112 cm³/mol. The molecule has 3 rings (SSSR count). The molecule has 2 aromatic carbocycles. The summed E-state index contributed by atoms with van der Waals surface area (Å²) in [6, 6.07) is 13.2. The molecule has 2 aromatic rings. The minimum absolute atomic E-state index is 0.270. The number of urea groups is 1. The first-order chi connectivity index (χ1) is 13.4. The van der Waals surface area contributed by atoms with Gasteiger partial charge in [-0.2, -0.15) is 0 Å². The maximum Gasteiger partial charge on any atom is 0.335 e. The summed E-state index contributed by atoms with van der Waals surface area (Å²) in [5.41, 5.74) is 4.80. The van der Waals surface area contributed by atoms with Crippen LogP contribution in [-0.4, -0.2) is 23.8 Å². The first kappa shape index (κ1) is 20.2. The average molecular weight is 401 g/mol. The Morgan fingerprint density at radius 1 is 1.32 bits per heavy atom. The highest BCUT2D eigenvalue weighted by molar-refractivity contribution is 6.30. The Balaban J connectivity index is 1.61. The number of hydrogen-bond donors (Lipinski definition) is 2. The van der Waals surface area contributed by atoms with E-state index in [0.717, 1.165) is 33.3 Å². The Morgan fingerprint density at radius 2 is 2.04 bits per heavy atom. The molecule has 2 amide bonds. The number of rotatable bonds is 6. The largest absolute Gasteiger partial charge is 0.391 e. The number of halogens is 1. The lowest BCUT2D eigenvalue weighted by molar-refractivity contribution is 0.129. The standard InChI is InChI=1S/C21H25ClN4O2/c1-13-5-4-6-20(24-21(27)26(3)23)19(13)12-28-25-14(2)17-11-18(17)15-7-9-16(22)10-8-15/h4-10,17-18H,11-12,23H2,1-3H3,(H,24,27)/t17-,18?/m1/s1. The minimum Gasteiger partial charge on any atom is -0.391 e. The van der Waals surface area contributed by atoms with Gasteiger partial charge in [0, 0.05) is 29.2 Å². The van der Waals surface area contributed by atoms with Crippen LogP contribution in [0, 0.1) is 12.8 Å². The number of carbonyl (C=O) groups excluding carboxylic acids is 1. The van der Waals surface area contributed by atoms with E-state index in [2.05, 4.69) is 22.6 Å². The van der Waals surface area contributed by atoms with Crippen LogP contribution < -0.4 is 11.2 Å². The van der Waals surface area contributed by atoms with Crippen molar-refractivity contribution in [2.75, 3.05) is 12.4 Å². The van der Waals surface area contributed by atoms with Crippen LogP contribution in [0.25, 0.3) is 0 Å². The second-order valence-electron chi connectivity index (χ2n) is 7.15. The number of amides is 2. The molecule has 1 saturated carbocycles. The van der Waals surface area contributed by atoms with Crippen LogP contribution in [0.1, 0.15) is 36.0 Å². The Bertz CT molecular complexity index is 880. The van der Waals surface area contributed by atoms with E-state index >= 15 is 0 Å². The number of nitrogens with two attached hydrogens (primary N) is 1. The van der Waals surface area contributed by atoms with Gasteiger partial charge in [-0.05, 0) is 55.5 Å². The SMILES string of the molecule is CC(=NOCc1c(C)cccc1NC(=O)N(C)N)[C@H]1CC1c1ccc(Cl)cc1. The van der Waals surface area contributed by atoms with Crippen molar-refractivity contribution in [3.8, 4) is 0 Å². The summed E-state index contributed by atoms with van der Waals surface area (Å²) >= 11 is 5.96. The second-order valence-corrected chi connectivity index (χ2v) is 7.58. The topological polar surface area (TPSA) is 80.0 Å². The molecule has 28 heavy (non-hydrogen) atoms. The summed E-state index contributed by atoms with van der Waals surface area (Å²) in [4.78, 5) is 17.5. The number of nitrogens with one attached hydrogen (secondary N) is 1. The van der Waals surface area contributed by atoms with E-state index in [1.807, 2.05) is 44.2 Å². The van der Waals surface area contributed by atoms with Crippen LogP contribution in [-0.2, 0) is 11.4 Å². The number of nitrogens with zero attached hydrogens (tertiary/aromatic N) is 2. The molecule has 0 heterocycles. The van der Waals surface area contributed by atoms with Crippen molar-refractivity contribution in [1.82, 2.24) is 5.01 Å². The van der Waals surface area contributed by atoms with Gasteiger partial charge < -0.3 is 10.2 Å². The first-order valence-corrected chi connectivity index (χ1v) is 9.54. The van der Waals surface area contributed by atoms with E-state index in [-0.39, 0.29) is 6.61 Å². The van der Waals surface area contributed by atoms with Crippen LogP contribution >= 0.6 is 11.6 Å². The number of hydrogen-bond acceptors (Lipinski definition) is 4. The smallest absolute Gasteiger partial charge is 0.335 e. The molecule has 0 bridgehead atoms. The lowest BCUT2D eigenvalue weighted by Gasteiger charge is -2.16. The van der Waals surface area contributed by atoms with E-state index in [4.69, 9.17) is 22.3 Å². The Hall–Kier alpha value is -2.57. The molecule has 3 N–H and O–H groups in total. The molecule has 0 radical (unpaired) electrons. The van der Waals surface area contributed by atoms with Gasteiger partial charge in [0.25, 0.3) is 0 Å². The van der Waals surface area contributed by atoms with Crippen molar-refractivity contribution in [3.63, 3.8) is 0 Å². The second kappa shape index (κ2) is 8.63. The summed E-state index contributed by atoms with van der Waals surface area (Å²) in [5.74, 6) is 6.34. The normalized spacial score (nSPS) is 18.5. The zero-order valence-corrected chi connectivity index (χ0v) is 17.0. The van der Waals surface area contributed by atoms with Crippen molar-refractivity contribution >= 4 is 29.0 Å². The van der Waals surface area contributed by atoms with Gasteiger partial charge in [0.15, 0.2) is 0 Å². The molecule has 0 aromatic heterocycles. The Morgan fingerprint density at radius 3 is 2.71 bits per heavy atom. The molecule has 1 aliphatic carbocycles. The predicted octanol–water partition coefficient (Wildman–Crippen LogP) is 4.68. The molecular formula is C21H25ClN4O2. The van der Waals surface area contributed by atoms with E-state index in [1.165, 1.54) is 12.6 Å². The quantitative estimate of drug-likeness (QED) is 0.319. The van der Waals surface area contributed by atoms with Gasteiger partial charge in [-0.25, -0.2) is 10.6 Å². The molecule has 2 atom stereocenters. The van der Waals surface area contributed by atoms with Crippen molar-refractivity contribution in [1.29, 1.82) is 0 Å². The minimum atomic E-state index is -0.393. The van der Waals surface area contributed by atoms with Gasteiger partial charge in [-0.15, -0.1) is 0 Å². The molecule has 148 valence electrons. The Labute approximate surface area is 170 Å². The van der Waals surface area contributed by atoms with E-state index in [0.29, 0.717) is 17.5 Å². The fraction of sp³-hybridized carbons (Fsp3) is 0.333. The number of anilines is 1. The number of carbonyl (C=O) groups is 1. The van der Waals surface area contributed by atoms with E-state index < -0.39 is 6.03 Å². The summed E-state index contributed by atoms with van der Waals surface area (Å²) in [5, 5.41) is 8.84. The van der Waals surface area contributed by atoms with Crippen LogP contribution in [0.2, 0.25) is 5.02 Å². The fourth-order valence-electron chi connectivity index (χ4n) is 3.22. The van der Waals surface area contributed by atoms with Gasteiger partial charge in [0.05, 0.1) is 5.71 Å². The molecule has 0 saturated heterocycles. The molecule has 7 heteroatoms. The molecule has 0 aliphatic heterocycles.